The normalized spacial score (nSPS) is 17.9. The predicted molar refractivity (Wildman–Crippen MR) is 95.9 cm³/mol. The number of fused-ring (bicyclic) bond motifs is 1. The molecule has 0 saturated carbocycles. The van der Waals surface area contributed by atoms with Gasteiger partial charge in [-0.25, -0.2) is 18.7 Å². The van der Waals surface area contributed by atoms with Gasteiger partial charge in [-0.2, -0.15) is 4.98 Å². The van der Waals surface area contributed by atoms with E-state index in [0.717, 1.165) is 0 Å². The molecule has 11 heteroatoms. The maximum absolute atomic E-state index is 14.5. The Bertz CT molecular complexity index is 1020. The molecule has 1 aliphatic rings. The minimum absolute atomic E-state index is 0.142. The topological polar surface area (TPSA) is 90.6 Å². The molecule has 1 fully saturated rings. The number of rotatable bonds is 4. The maximum Gasteiger partial charge on any atom is 0.319 e. The first-order valence-electron chi connectivity index (χ1n) is 8.55. The van der Waals surface area contributed by atoms with Gasteiger partial charge in [0, 0.05) is 18.2 Å². The number of hydrogen-bond donors (Lipinski definition) is 0. The smallest absolute Gasteiger partial charge is 0.319 e. The Kier molecular flexibility index (Phi) is 4.05. The van der Waals surface area contributed by atoms with Crippen LogP contribution < -0.4 is 14.4 Å². The zero-order valence-electron chi connectivity index (χ0n) is 15.8. The molecule has 148 valence electrons. The lowest BCUT2D eigenvalue weighted by Crippen LogP contribution is -2.34. The SMILES string of the molecule is COc1ncc(-c2cc(N3CC(C)(C)C(F)(F)C3)c3ncnn3n2)c(OC)n1. The molecule has 3 aromatic heterocycles. The van der Waals surface area contributed by atoms with Gasteiger partial charge < -0.3 is 14.4 Å². The van der Waals surface area contributed by atoms with Crippen LogP contribution in [0.5, 0.6) is 11.9 Å². The van der Waals surface area contributed by atoms with Gasteiger partial charge in [-0.1, -0.05) is 13.8 Å². The molecule has 1 aliphatic heterocycles. The van der Waals surface area contributed by atoms with Gasteiger partial charge in [0.25, 0.3) is 5.92 Å². The van der Waals surface area contributed by atoms with E-state index in [0.29, 0.717) is 22.6 Å². The number of methoxy groups -OCH3 is 2. The maximum atomic E-state index is 14.5. The van der Waals surface area contributed by atoms with Crippen LogP contribution >= 0.6 is 0 Å². The Morgan fingerprint density at radius 2 is 1.89 bits per heavy atom. The number of alkyl halides is 2. The predicted octanol–water partition coefficient (Wildman–Crippen LogP) is 2.08. The van der Waals surface area contributed by atoms with E-state index in [-0.39, 0.29) is 18.4 Å². The standard InChI is InChI=1S/C17H19F2N7O2/c1-16(2)7-25(8-17(16,18)19)12-5-11(24-26-13(12)21-9-22-26)10-6-20-15(28-4)23-14(10)27-3/h5-6,9H,7-8H2,1-4H3. The molecule has 1 saturated heterocycles. The fraction of sp³-hybridized carbons (Fsp3) is 0.471. The van der Waals surface area contributed by atoms with Crippen LogP contribution in [0, 0.1) is 5.41 Å². The van der Waals surface area contributed by atoms with Crippen molar-refractivity contribution in [1.29, 1.82) is 0 Å². The summed E-state index contributed by atoms with van der Waals surface area (Å²) in [5.41, 5.74) is 0.623. The van der Waals surface area contributed by atoms with Crippen molar-refractivity contribution in [2.24, 2.45) is 5.41 Å². The highest BCUT2D eigenvalue weighted by molar-refractivity contribution is 5.76. The second kappa shape index (κ2) is 6.21. The summed E-state index contributed by atoms with van der Waals surface area (Å²) >= 11 is 0. The minimum Gasteiger partial charge on any atom is -0.480 e. The molecule has 0 N–H and O–H groups in total. The number of aromatic nitrogens is 6. The van der Waals surface area contributed by atoms with Crippen LogP contribution in [0.4, 0.5) is 14.5 Å². The molecule has 0 aromatic carbocycles. The van der Waals surface area contributed by atoms with Crippen LogP contribution in [0.25, 0.3) is 16.9 Å². The molecule has 9 nitrogen and oxygen atoms in total. The van der Waals surface area contributed by atoms with Crippen molar-refractivity contribution in [2.75, 3.05) is 32.2 Å². The quantitative estimate of drug-likeness (QED) is 0.668. The van der Waals surface area contributed by atoms with Crippen molar-refractivity contribution in [3.8, 4) is 23.1 Å². The highest BCUT2D eigenvalue weighted by atomic mass is 19.3. The summed E-state index contributed by atoms with van der Waals surface area (Å²) in [6, 6.07) is 1.82. The van der Waals surface area contributed by atoms with Crippen molar-refractivity contribution >= 4 is 11.3 Å². The zero-order valence-corrected chi connectivity index (χ0v) is 15.8. The summed E-state index contributed by atoms with van der Waals surface area (Å²) < 4.78 is 40.5. The molecule has 4 heterocycles. The highest BCUT2D eigenvalue weighted by Gasteiger charge is 2.54. The lowest BCUT2D eigenvalue weighted by Gasteiger charge is -2.24. The van der Waals surface area contributed by atoms with E-state index < -0.39 is 17.9 Å². The summed E-state index contributed by atoms with van der Waals surface area (Å²) in [6.45, 7) is 2.86. The molecule has 0 unspecified atom stereocenters. The molecule has 4 rings (SSSR count). The first-order valence-corrected chi connectivity index (χ1v) is 8.55. The number of hydrogen-bond acceptors (Lipinski definition) is 8. The fourth-order valence-electron chi connectivity index (χ4n) is 3.22. The third kappa shape index (κ3) is 2.77. The Labute approximate surface area is 159 Å². The van der Waals surface area contributed by atoms with Crippen LogP contribution in [-0.2, 0) is 0 Å². The van der Waals surface area contributed by atoms with E-state index in [2.05, 4.69) is 25.1 Å². The van der Waals surface area contributed by atoms with Gasteiger partial charge in [-0.3, -0.25) is 0 Å². The van der Waals surface area contributed by atoms with E-state index in [1.165, 1.54) is 31.4 Å². The monoisotopic (exact) mass is 391 g/mol. The fourth-order valence-corrected chi connectivity index (χ4v) is 3.22. The minimum atomic E-state index is -2.84. The molecule has 0 atom stereocenters. The van der Waals surface area contributed by atoms with Gasteiger partial charge in [-0.05, 0) is 6.07 Å². The molecule has 0 spiro atoms. The van der Waals surface area contributed by atoms with Crippen molar-refractivity contribution in [3.63, 3.8) is 0 Å². The largest absolute Gasteiger partial charge is 0.480 e. The third-order valence-electron chi connectivity index (χ3n) is 4.93. The first kappa shape index (κ1) is 18.3. The summed E-state index contributed by atoms with van der Waals surface area (Å²) in [7, 11) is 2.91. The van der Waals surface area contributed by atoms with E-state index in [4.69, 9.17) is 9.47 Å². The Morgan fingerprint density at radius 1 is 1.11 bits per heavy atom. The summed E-state index contributed by atoms with van der Waals surface area (Å²) in [5.74, 6) is -2.59. The number of ether oxygens (including phenoxy) is 2. The van der Waals surface area contributed by atoms with Crippen LogP contribution in [0.1, 0.15) is 13.8 Å². The van der Waals surface area contributed by atoms with Gasteiger partial charge in [0.1, 0.15) is 12.0 Å². The van der Waals surface area contributed by atoms with Crippen LogP contribution in [0.15, 0.2) is 18.6 Å². The second-order valence-corrected chi connectivity index (χ2v) is 7.21. The molecule has 0 aliphatic carbocycles. The van der Waals surface area contributed by atoms with Gasteiger partial charge in [0.15, 0.2) is 5.65 Å². The summed E-state index contributed by atoms with van der Waals surface area (Å²) in [6.07, 6.45) is 2.83. The Balaban J connectivity index is 1.86. The van der Waals surface area contributed by atoms with Crippen molar-refractivity contribution in [1.82, 2.24) is 29.8 Å². The molecule has 28 heavy (non-hydrogen) atoms. The third-order valence-corrected chi connectivity index (χ3v) is 4.93. The lowest BCUT2D eigenvalue weighted by atomic mass is 9.89. The van der Waals surface area contributed by atoms with Gasteiger partial charge >= 0.3 is 6.01 Å². The first-order chi connectivity index (χ1) is 13.3. The average molecular weight is 391 g/mol. The Morgan fingerprint density at radius 3 is 2.54 bits per heavy atom. The van der Waals surface area contributed by atoms with E-state index in [1.807, 2.05) is 0 Å². The molecule has 0 amide bonds. The number of anilines is 1. The summed E-state index contributed by atoms with van der Waals surface area (Å²) in [4.78, 5) is 14.0. The summed E-state index contributed by atoms with van der Waals surface area (Å²) in [5, 5.41) is 8.48. The Hall–Kier alpha value is -3.11. The highest BCUT2D eigenvalue weighted by Crippen LogP contribution is 2.45. The van der Waals surface area contributed by atoms with Crippen LogP contribution in [0.2, 0.25) is 0 Å². The second-order valence-electron chi connectivity index (χ2n) is 7.21. The molecule has 0 bridgehead atoms. The van der Waals surface area contributed by atoms with Gasteiger partial charge in [-0.15, -0.1) is 14.8 Å². The number of nitrogens with zero attached hydrogens (tertiary/aromatic N) is 7. The average Bonchev–Trinajstić information content (AvgIpc) is 3.21. The lowest BCUT2D eigenvalue weighted by molar-refractivity contribution is -0.0642. The van der Waals surface area contributed by atoms with Gasteiger partial charge in [0.05, 0.1) is 32.0 Å². The molecule has 3 aromatic rings. The van der Waals surface area contributed by atoms with Crippen molar-refractivity contribution < 1.29 is 18.3 Å². The van der Waals surface area contributed by atoms with Crippen LogP contribution in [-0.4, -0.2) is 63.0 Å². The molecule has 0 radical (unpaired) electrons. The molecular weight excluding hydrogens is 372 g/mol. The van der Waals surface area contributed by atoms with Crippen LogP contribution in [0.3, 0.4) is 0 Å². The van der Waals surface area contributed by atoms with E-state index >= 15 is 0 Å². The van der Waals surface area contributed by atoms with Gasteiger partial charge in [0.2, 0.25) is 5.88 Å². The van der Waals surface area contributed by atoms with Crippen molar-refractivity contribution in [3.05, 3.63) is 18.6 Å². The number of halogens is 2. The zero-order chi connectivity index (χ0) is 20.1. The van der Waals surface area contributed by atoms with E-state index in [1.54, 1.807) is 24.8 Å². The molecular formula is C17H19F2N7O2. The van der Waals surface area contributed by atoms with E-state index in [9.17, 15) is 8.78 Å². The van der Waals surface area contributed by atoms with Crippen molar-refractivity contribution in [2.45, 2.75) is 19.8 Å².